The Bertz CT molecular complexity index is 774. The molecule has 0 amide bonds. The van der Waals surface area contributed by atoms with E-state index in [-0.39, 0.29) is 5.97 Å². The summed E-state index contributed by atoms with van der Waals surface area (Å²) in [5.74, 6) is -0.639. The van der Waals surface area contributed by atoms with E-state index in [2.05, 4.69) is 6.07 Å². The van der Waals surface area contributed by atoms with Gasteiger partial charge >= 0.3 is 5.97 Å². The molecule has 0 bridgehead atoms. The number of methoxy groups -OCH3 is 1. The van der Waals surface area contributed by atoms with Crippen LogP contribution in [0.1, 0.15) is 17.0 Å². The average Bonchev–Trinajstić information content (AvgIpc) is 2.86. The number of para-hydroxylation sites is 1. The molecule has 0 fully saturated rings. The number of hydrogen-bond donors (Lipinski definition) is 0. The number of hydrogen-bond acceptors (Lipinski definition) is 2. The standard InChI is InChI=1S/C18H17NO2/c1-19-12-15(14-10-6-7-11-16(14)19)17(18(20)21-2)13-8-4-3-5-9-13/h3-12,17H,1-2H3. The molecule has 0 aliphatic carbocycles. The molecule has 106 valence electrons. The molecule has 0 saturated carbocycles. The number of esters is 1. The molecule has 3 heteroatoms. The highest BCUT2D eigenvalue weighted by atomic mass is 16.5. The van der Waals surface area contributed by atoms with Crippen LogP contribution < -0.4 is 0 Å². The number of benzene rings is 2. The summed E-state index contributed by atoms with van der Waals surface area (Å²) in [6.07, 6.45) is 2.01. The molecule has 0 aliphatic heterocycles. The maximum atomic E-state index is 12.3. The fourth-order valence-corrected chi connectivity index (χ4v) is 2.81. The number of carbonyl (C=O) groups is 1. The molecule has 21 heavy (non-hydrogen) atoms. The van der Waals surface area contributed by atoms with E-state index in [4.69, 9.17) is 4.74 Å². The lowest BCUT2D eigenvalue weighted by atomic mass is 9.91. The second-order valence-electron chi connectivity index (χ2n) is 5.08. The SMILES string of the molecule is COC(=O)C(c1ccccc1)c1cn(C)c2ccccc12. The quantitative estimate of drug-likeness (QED) is 0.687. The molecule has 0 saturated heterocycles. The maximum Gasteiger partial charge on any atom is 0.317 e. The Balaban J connectivity index is 2.22. The summed E-state index contributed by atoms with van der Waals surface area (Å²) < 4.78 is 7.08. The summed E-state index contributed by atoms with van der Waals surface area (Å²) in [6.45, 7) is 0. The largest absolute Gasteiger partial charge is 0.468 e. The molecule has 1 atom stereocenters. The van der Waals surface area contributed by atoms with Gasteiger partial charge in [0, 0.05) is 24.1 Å². The van der Waals surface area contributed by atoms with Crippen molar-refractivity contribution in [2.24, 2.45) is 7.05 Å². The number of rotatable bonds is 3. The highest BCUT2D eigenvalue weighted by Crippen LogP contribution is 2.32. The average molecular weight is 279 g/mol. The van der Waals surface area contributed by atoms with Crippen molar-refractivity contribution in [1.29, 1.82) is 0 Å². The Morgan fingerprint density at radius 2 is 1.71 bits per heavy atom. The number of carbonyl (C=O) groups excluding carboxylic acids is 1. The van der Waals surface area contributed by atoms with E-state index in [9.17, 15) is 4.79 Å². The van der Waals surface area contributed by atoms with Crippen molar-refractivity contribution in [3.8, 4) is 0 Å². The number of fused-ring (bicyclic) bond motifs is 1. The van der Waals surface area contributed by atoms with E-state index in [0.717, 1.165) is 22.0 Å². The first-order chi connectivity index (χ1) is 10.2. The molecule has 3 nitrogen and oxygen atoms in total. The third-order valence-electron chi connectivity index (χ3n) is 3.81. The van der Waals surface area contributed by atoms with Crippen molar-refractivity contribution in [3.05, 3.63) is 71.9 Å². The summed E-state index contributed by atoms with van der Waals surface area (Å²) >= 11 is 0. The van der Waals surface area contributed by atoms with Crippen LogP contribution in [0.5, 0.6) is 0 Å². The van der Waals surface area contributed by atoms with Gasteiger partial charge in [-0.15, -0.1) is 0 Å². The van der Waals surface area contributed by atoms with Crippen LogP contribution in [0.3, 0.4) is 0 Å². The van der Waals surface area contributed by atoms with E-state index in [1.807, 2.05) is 66.3 Å². The van der Waals surface area contributed by atoms with Gasteiger partial charge in [-0.1, -0.05) is 48.5 Å². The second-order valence-corrected chi connectivity index (χ2v) is 5.08. The molecule has 3 aromatic rings. The zero-order chi connectivity index (χ0) is 14.8. The molecular weight excluding hydrogens is 262 g/mol. The third-order valence-corrected chi connectivity index (χ3v) is 3.81. The van der Waals surface area contributed by atoms with Gasteiger partial charge in [0.1, 0.15) is 5.92 Å². The number of ether oxygens (including phenoxy) is 1. The van der Waals surface area contributed by atoms with Crippen molar-refractivity contribution in [2.45, 2.75) is 5.92 Å². The molecule has 3 rings (SSSR count). The minimum atomic E-state index is -0.401. The van der Waals surface area contributed by atoms with Crippen molar-refractivity contribution in [3.63, 3.8) is 0 Å². The molecule has 2 aromatic carbocycles. The summed E-state index contributed by atoms with van der Waals surface area (Å²) in [5, 5.41) is 1.08. The molecule has 1 unspecified atom stereocenters. The molecule has 1 heterocycles. The molecule has 0 radical (unpaired) electrons. The van der Waals surface area contributed by atoms with Crippen LogP contribution in [0, 0.1) is 0 Å². The summed E-state index contributed by atoms with van der Waals surface area (Å²) in [6, 6.07) is 17.8. The zero-order valence-electron chi connectivity index (χ0n) is 12.1. The number of nitrogens with zero attached hydrogens (tertiary/aromatic N) is 1. The fraction of sp³-hybridized carbons (Fsp3) is 0.167. The minimum Gasteiger partial charge on any atom is -0.468 e. The van der Waals surface area contributed by atoms with Crippen molar-refractivity contribution >= 4 is 16.9 Å². The first kappa shape index (κ1) is 13.4. The fourth-order valence-electron chi connectivity index (χ4n) is 2.81. The lowest BCUT2D eigenvalue weighted by Gasteiger charge is -2.14. The van der Waals surface area contributed by atoms with E-state index in [1.165, 1.54) is 7.11 Å². The highest BCUT2D eigenvalue weighted by Gasteiger charge is 2.26. The molecular formula is C18H17NO2. The van der Waals surface area contributed by atoms with E-state index in [0.29, 0.717) is 0 Å². The Hall–Kier alpha value is -2.55. The van der Waals surface area contributed by atoms with Gasteiger partial charge in [0.05, 0.1) is 7.11 Å². The molecule has 1 aromatic heterocycles. The third kappa shape index (κ3) is 2.31. The Labute approximate surface area is 123 Å². The topological polar surface area (TPSA) is 31.2 Å². The minimum absolute atomic E-state index is 0.238. The van der Waals surface area contributed by atoms with E-state index < -0.39 is 5.92 Å². The van der Waals surface area contributed by atoms with Gasteiger partial charge < -0.3 is 9.30 Å². The smallest absolute Gasteiger partial charge is 0.317 e. The van der Waals surface area contributed by atoms with E-state index >= 15 is 0 Å². The molecule has 0 N–H and O–H groups in total. The van der Waals surface area contributed by atoms with Crippen LogP contribution in [0.25, 0.3) is 10.9 Å². The van der Waals surface area contributed by atoms with Crippen LogP contribution in [-0.2, 0) is 16.6 Å². The van der Waals surface area contributed by atoms with Crippen LogP contribution in [0.15, 0.2) is 60.8 Å². The van der Waals surface area contributed by atoms with Crippen LogP contribution >= 0.6 is 0 Å². The second kappa shape index (κ2) is 5.44. The Morgan fingerprint density at radius 3 is 2.43 bits per heavy atom. The molecule has 0 aliphatic rings. The maximum absolute atomic E-state index is 12.3. The summed E-state index contributed by atoms with van der Waals surface area (Å²) in [7, 11) is 3.43. The summed E-state index contributed by atoms with van der Waals surface area (Å²) in [5.41, 5.74) is 3.03. The zero-order valence-corrected chi connectivity index (χ0v) is 12.1. The normalized spacial score (nSPS) is 12.3. The van der Waals surface area contributed by atoms with Crippen LogP contribution in [-0.4, -0.2) is 17.6 Å². The number of aryl methyl sites for hydroxylation is 1. The predicted molar refractivity (Wildman–Crippen MR) is 83.2 cm³/mol. The first-order valence-electron chi connectivity index (χ1n) is 6.89. The Kier molecular flexibility index (Phi) is 3.48. The van der Waals surface area contributed by atoms with Crippen molar-refractivity contribution in [2.75, 3.05) is 7.11 Å². The van der Waals surface area contributed by atoms with E-state index in [1.54, 1.807) is 0 Å². The predicted octanol–water partition coefficient (Wildman–Crippen LogP) is 3.48. The van der Waals surface area contributed by atoms with Gasteiger partial charge in [-0.25, -0.2) is 0 Å². The van der Waals surface area contributed by atoms with Gasteiger partial charge in [0.25, 0.3) is 0 Å². The van der Waals surface area contributed by atoms with Crippen molar-refractivity contribution < 1.29 is 9.53 Å². The van der Waals surface area contributed by atoms with Crippen molar-refractivity contribution in [1.82, 2.24) is 4.57 Å². The van der Waals surface area contributed by atoms with Gasteiger partial charge in [-0.3, -0.25) is 4.79 Å². The lowest BCUT2D eigenvalue weighted by Crippen LogP contribution is -2.15. The lowest BCUT2D eigenvalue weighted by molar-refractivity contribution is -0.141. The molecule has 0 spiro atoms. The number of aromatic nitrogens is 1. The van der Waals surface area contributed by atoms with Gasteiger partial charge in [0.2, 0.25) is 0 Å². The van der Waals surface area contributed by atoms with Crippen LogP contribution in [0.2, 0.25) is 0 Å². The highest BCUT2D eigenvalue weighted by molar-refractivity contribution is 5.92. The Morgan fingerprint density at radius 1 is 1.05 bits per heavy atom. The van der Waals surface area contributed by atoms with Gasteiger partial charge in [-0.05, 0) is 17.2 Å². The van der Waals surface area contributed by atoms with Gasteiger partial charge in [0.15, 0.2) is 0 Å². The van der Waals surface area contributed by atoms with Gasteiger partial charge in [-0.2, -0.15) is 0 Å². The first-order valence-corrected chi connectivity index (χ1v) is 6.89. The monoisotopic (exact) mass is 279 g/mol. The van der Waals surface area contributed by atoms with Crippen LogP contribution in [0.4, 0.5) is 0 Å². The summed E-state index contributed by atoms with van der Waals surface area (Å²) in [4.78, 5) is 12.3.